The number of hydrogen-bond donors (Lipinski definition) is 1. The van der Waals surface area contributed by atoms with Gasteiger partial charge in [0.05, 0.1) is 6.54 Å². The molecule has 0 saturated carbocycles. The molecule has 18 heavy (non-hydrogen) atoms. The molecule has 5 heteroatoms. The largest absolute Gasteiger partial charge is 0.341 e. The highest BCUT2D eigenvalue weighted by Crippen LogP contribution is 2.19. The first-order chi connectivity index (χ1) is 8.70. The molecule has 1 unspecified atom stereocenters. The van der Waals surface area contributed by atoms with Crippen LogP contribution >= 0.6 is 0 Å². The Morgan fingerprint density at radius 2 is 2.17 bits per heavy atom. The molecular weight excluding hydrogens is 230 g/mol. The van der Waals surface area contributed by atoms with Crippen molar-refractivity contribution in [1.29, 1.82) is 0 Å². The van der Waals surface area contributed by atoms with E-state index in [1.54, 1.807) is 4.90 Å². The van der Waals surface area contributed by atoms with Gasteiger partial charge in [-0.1, -0.05) is 0 Å². The Bertz CT molecular complexity index is 317. The first kappa shape index (κ1) is 13.3. The minimum Gasteiger partial charge on any atom is -0.341 e. The maximum atomic E-state index is 12.2. The maximum Gasteiger partial charge on any atom is 0.242 e. The molecule has 0 aromatic rings. The summed E-state index contributed by atoms with van der Waals surface area (Å²) in [5.74, 6) is 0.771. The number of nitrogens with zero attached hydrogens (tertiary/aromatic N) is 2. The summed E-state index contributed by atoms with van der Waals surface area (Å²) in [6, 6.07) is 0. The minimum absolute atomic E-state index is 0.104. The number of rotatable bonds is 4. The zero-order valence-corrected chi connectivity index (χ0v) is 10.9. The molecule has 2 N–H and O–H groups in total. The lowest BCUT2D eigenvalue weighted by atomic mass is 9.95. The van der Waals surface area contributed by atoms with Crippen LogP contribution in [0.5, 0.6) is 0 Å². The highest BCUT2D eigenvalue weighted by atomic mass is 16.2. The van der Waals surface area contributed by atoms with Crippen molar-refractivity contribution < 1.29 is 9.59 Å². The number of likely N-dealkylation sites (tertiary alicyclic amines) is 2. The molecule has 2 fully saturated rings. The first-order valence-electron chi connectivity index (χ1n) is 6.96. The van der Waals surface area contributed by atoms with Crippen molar-refractivity contribution >= 4 is 11.8 Å². The van der Waals surface area contributed by atoms with Gasteiger partial charge in [-0.15, -0.1) is 0 Å². The van der Waals surface area contributed by atoms with Crippen molar-refractivity contribution in [1.82, 2.24) is 9.80 Å². The highest BCUT2D eigenvalue weighted by molar-refractivity contribution is 5.85. The van der Waals surface area contributed by atoms with Crippen LogP contribution in [-0.2, 0) is 9.59 Å². The Hall–Kier alpha value is -1.10. The third-order valence-corrected chi connectivity index (χ3v) is 3.94. The Kier molecular flexibility index (Phi) is 4.58. The number of hydrogen-bond acceptors (Lipinski definition) is 3. The van der Waals surface area contributed by atoms with E-state index in [4.69, 9.17) is 5.73 Å². The Morgan fingerprint density at radius 3 is 2.83 bits per heavy atom. The summed E-state index contributed by atoms with van der Waals surface area (Å²) < 4.78 is 0. The van der Waals surface area contributed by atoms with Crippen molar-refractivity contribution in [2.24, 2.45) is 11.7 Å². The zero-order chi connectivity index (χ0) is 13.0. The van der Waals surface area contributed by atoms with Gasteiger partial charge < -0.3 is 15.5 Å². The Balaban J connectivity index is 1.82. The minimum atomic E-state index is 0.104. The standard InChI is InChI=1S/C13H23N3O2/c14-6-5-11-3-1-7-15(9-11)13(18)10-16-8-2-4-12(16)17/h11H,1-10,14H2. The predicted molar refractivity (Wildman–Crippen MR) is 68.8 cm³/mol. The molecule has 2 saturated heterocycles. The van der Waals surface area contributed by atoms with Crippen LogP contribution in [0, 0.1) is 5.92 Å². The molecule has 102 valence electrons. The normalized spacial score (nSPS) is 24.7. The summed E-state index contributed by atoms with van der Waals surface area (Å²) in [6.45, 7) is 3.36. The molecule has 0 radical (unpaired) electrons. The van der Waals surface area contributed by atoms with Gasteiger partial charge in [-0.2, -0.15) is 0 Å². The van der Waals surface area contributed by atoms with Crippen molar-refractivity contribution in [3.8, 4) is 0 Å². The second-order valence-electron chi connectivity index (χ2n) is 5.34. The number of carbonyl (C=O) groups is 2. The lowest BCUT2D eigenvalue weighted by molar-refractivity contribution is -0.139. The maximum absolute atomic E-state index is 12.2. The summed E-state index contributed by atoms with van der Waals surface area (Å²) in [4.78, 5) is 27.2. The fourth-order valence-corrected chi connectivity index (χ4v) is 2.90. The topological polar surface area (TPSA) is 66.6 Å². The molecule has 5 nitrogen and oxygen atoms in total. The smallest absolute Gasteiger partial charge is 0.242 e. The fraction of sp³-hybridized carbons (Fsp3) is 0.846. The van der Waals surface area contributed by atoms with Gasteiger partial charge in [0, 0.05) is 26.1 Å². The van der Waals surface area contributed by atoms with E-state index in [0.29, 0.717) is 18.9 Å². The average molecular weight is 253 g/mol. The van der Waals surface area contributed by atoms with Gasteiger partial charge in [0.25, 0.3) is 0 Å². The van der Waals surface area contributed by atoms with E-state index in [9.17, 15) is 9.59 Å². The number of amides is 2. The predicted octanol–water partition coefficient (Wildman–Crippen LogP) is 0.196. The van der Waals surface area contributed by atoms with Gasteiger partial charge in [0.15, 0.2) is 0 Å². The number of piperidine rings is 1. The molecule has 2 amide bonds. The average Bonchev–Trinajstić information content (AvgIpc) is 2.76. The quantitative estimate of drug-likeness (QED) is 0.778. The van der Waals surface area contributed by atoms with Crippen LogP contribution in [0.15, 0.2) is 0 Å². The van der Waals surface area contributed by atoms with Crippen LogP contribution in [0.3, 0.4) is 0 Å². The van der Waals surface area contributed by atoms with Crippen LogP contribution in [0.25, 0.3) is 0 Å². The van der Waals surface area contributed by atoms with E-state index in [1.807, 2.05) is 4.90 Å². The molecule has 2 aliphatic rings. The van der Waals surface area contributed by atoms with Crippen LogP contribution in [0.2, 0.25) is 0 Å². The fourth-order valence-electron chi connectivity index (χ4n) is 2.90. The monoisotopic (exact) mass is 253 g/mol. The lowest BCUT2D eigenvalue weighted by Crippen LogP contribution is -2.45. The van der Waals surface area contributed by atoms with Crippen molar-refractivity contribution in [2.75, 3.05) is 32.7 Å². The molecule has 2 rings (SSSR count). The van der Waals surface area contributed by atoms with Gasteiger partial charge in [-0.3, -0.25) is 9.59 Å². The van der Waals surface area contributed by atoms with Crippen molar-refractivity contribution in [3.05, 3.63) is 0 Å². The number of nitrogens with two attached hydrogens (primary N) is 1. The molecule has 0 aliphatic carbocycles. The second-order valence-corrected chi connectivity index (χ2v) is 5.34. The van der Waals surface area contributed by atoms with E-state index in [-0.39, 0.29) is 18.4 Å². The van der Waals surface area contributed by atoms with Crippen LogP contribution < -0.4 is 5.73 Å². The summed E-state index contributed by atoms with van der Waals surface area (Å²) in [5, 5.41) is 0. The molecular formula is C13H23N3O2. The van der Waals surface area contributed by atoms with Gasteiger partial charge in [0.2, 0.25) is 11.8 Å². The van der Waals surface area contributed by atoms with Crippen molar-refractivity contribution in [2.45, 2.75) is 32.1 Å². The third-order valence-electron chi connectivity index (χ3n) is 3.94. The Labute approximate surface area is 108 Å². The SMILES string of the molecule is NCCC1CCCN(C(=O)CN2CCCC2=O)C1. The summed E-state index contributed by atoms with van der Waals surface area (Å²) in [5.41, 5.74) is 5.57. The number of carbonyl (C=O) groups excluding carboxylic acids is 2. The molecule has 0 aromatic heterocycles. The van der Waals surface area contributed by atoms with E-state index in [0.717, 1.165) is 38.9 Å². The second kappa shape index (κ2) is 6.18. The molecule has 2 heterocycles. The van der Waals surface area contributed by atoms with E-state index < -0.39 is 0 Å². The van der Waals surface area contributed by atoms with Crippen molar-refractivity contribution in [3.63, 3.8) is 0 Å². The third kappa shape index (κ3) is 3.22. The van der Waals surface area contributed by atoms with Gasteiger partial charge in [0.1, 0.15) is 0 Å². The van der Waals surface area contributed by atoms with Crippen LogP contribution in [0.4, 0.5) is 0 Å². The van der Waals surface area contributed by atoms with Crippen LogP contribution in [-0.4, -0.2) is 54.3 Å². The summed E-state index contributed by atoms with van der Waals surface area (Å²) in [6.07, 6.45) is 4.71. The molecule has 0 bridgehead atoms. The lowest BCUT2D eigenvalue weighted by Gasteiger charge is -2.33. The highest BCUT2D eigenvalue weighted by Gasteiger charge is 2.27. The van der Waals surface area contributed by atoms with Gasteiger partial charge >= 0.3 is 0 Å². The Morgan fingerprint density at radius 1 is 1.33 bits per heavy atom. The summed E-state index contributed by atoms with van der Waals surface area (Å²) in [7, 11) is 0. The van der Waals surface area contributed by atoms with Gasteiger partial charge in [-0.25, -0.2) is 0 Å². The van der Waals surface area contributed by atoms with E-state index in [1.165, 1.54) is 6.42 Å². The summed E-state index contributed by atoms with van der Waals surface area (Å²) >= 11 is 0. The van der Waals surface area contributed by atoms with E-state index in [2.05, 4.69) is 0 Å². The zero-order valence-electron chi connectivity index (χ0n) is 10.9. The van der Waals surface area contributed by atoms with Crippen LogP contribution in [0.1, 0.15) is 32.1 Å². The molecule has 2 aliphatic heterocycles. The van der Waals surface area contributed by atoms with Gasteiger partial charge in [-0.05, 0) is 38.1 Å². The molecule has 0 spiro atoms. The molecule has 0 aromatic carbocycles. The first-order valence-corrected chi connectivity index (χ1v) is 6.96. The molecule has 1 atom stereocenters. The van der Waals surface area contributed by atoms with E-state index >= 15 is 0 Å².